The molecule has 128 valence electrons. The van der Waals surface area contributed by atoms with Gasteiger partial charge in [-0.3, -0.25) is 14.5 Å². The second-order valence-corrected chi connectivity index (χ2v) is 6.93. The van der Waals surface area contributed by atoms with Gasteiger partial charge >= 0.3 is 5.97 Å². The summed E-state index contributed by atoms with van der Waals surface area (Å²) in [7, 11) is 0. The number of β-lactam (4-membered cyclic amide) rings is 1. The predicted octanol–water partition coefficient (Wildman–Crippen LogP) is 0.384. The highest BCUT2D eigenvalue weighted by atomic mass is 32.2. The number of carbonyl (C=O) groups excluding carboxylic acids is 2. The van der Waals surface area contributed by atoms with Gasteiger partial charge in [0, 0.05) is 12.2 Å². The van der Waals surface area contributed by atoms with Gasteiger partial charge in [-0.2, -0.15) is 0 Å². The van der Waals surface area contributed by atoms with Gasteiger partial charge in [-0.25, -0.2) is 4.79 Å². The fourth-order valence-corrected chi connectivity index (χ4v) is 4.36. The Bertz CT molecular complexity index is 682. The SMILES string of the molecule is O=C(CC1=CCC=CC1)NC1C(=O)N2C(C(=O)O)=C(CO)CSC12. The molecule has 0 bridgehead atoms. The minimum Gasteiger partial charge on any atom is -0.477 e. The average molecular weight is 350 g/mol. The maximum absolute atomic E-state index is 12.3. The molecule has 8 heteroatoms. The Morgan fingerprint density at radius 1 is 1.38 bits per heavy atom. The monoisotopic (exact) mass is 350 g/mol. The van der Waals surface area contributed by atoms with Gasteiger partial charge in [0.25, 0.3) is 5.91 Å². The van der Waals surface area contributed by atoms with Crippen molar-refractivity contribution in [1.29, 1.82) is 0 Å². The lowest BCUT2D eigenvalue weighted by Gasteiger charge is -2.49. The number of fused-ring (bicyclic) bond motifs is 1. The Hall–Kier alpha value is -2.06. The number of aliphatic carboxylic acids is 1. The van der Waals surface area contributed by atoms with Crippen molar-refractivity contribution < 1.29 is 24.6 Å². The Labute approximate surface area is 143 Å². The van der Waals surface area contributed by atoms with E-state index >= 15 is 0 Å². The van der Waals surface area contributed by atoms with Gasteiger partial charge in [-0.15, -0.1) is 11.8 Å². The summed E-state index contributed by atoms with van der Waals surface area (Å²) in [5.41, 5.74) is 1.18. The number of thioether (sulfide) groups is 1. The Morgan fingerprint density at radius 2 is 2.17 bits per heavy atom. The number of nitrogens with zero attached hydrogens (tertiary/aromatic N) is 1. The fraction of sp³-hybridized carbons (Fsp3) is 0.438. The van der Waals surface area contributed by atoms with Crippen LogP contribution in [0.15, 0.2) is 35.1 Å². The Morgan fingerprint density at radius 3 is 2.79 bits per heavy atom. The maximum atomic E-state index is 12.3. The molecule has 2 unspecified atom stereocenters. The number of carboxylic acid groups (broad SMARTS) is 1. The summed E-state index contributed by atoms with van der Waals surface area (Å²) >= 11 is 1.35. The standard InChI is InChI=1S/C16H18N2O5S/c19-7-10-8-24-15-12(14(21)18(15)13(10)16(22)23)17-11(20)6-9-4-2-1-3-5-9/h1-2,5,12,15,19H,3-4,6-8H2,(H,17,20)(H,22,23). The number of hydrogen-bond donors (Lipinski definition) is 3. The lowest BCUT2D eigenvalue weighted by atomic mass is 10.0. The summed E-state index contributed by atoms with van der Waals surface area (Å²) in [6.45, 7) is -0.399. The van der Waals surface area contributed by atoms with Gasteiger partial charge in [0.15, 0.2) is 0 Å². The maximum Gasteiger partial charge on any atom is 0.352 e. The molecule has 1 fully saturated rings. The highest BCUT2D eigenvalue weighted by Gasteiger charge is 2.54. The van der Waals surface area contributed by atoms with Crippen molar-refractivity contribution in [3.63, 3.8) is 0 Å². The van der Waals surface area contributed by atoms with E-state index in [1.165, 1.54) is 11.8 Å². The first-order chi connectivity index (χ1) is 11.5. The van der Waals surface area contributed by atoms with E-state index in [0.29, 0.717) is 11.3 Å². The molecule has 2 aliphatic heterocycles. The molecule has 1 saturated heterocycles. The molecule has 24 heavy (non-hydrogen) atoms. The van der Waals surface area contributed by atoms with Crippen LogP contribution in [0.25, 0.3) is 0 Å². The number of carbonyl (C=O) groups is 3. The van der Waals surface area contributed by atoms with Crippen molar-refractivity contribution in [3.05, 3.63) is 35.1 Å². The molecule has 0 aromatic heterocycles. The number of hydrogen-bond acceptors (Lipinski definition) is 5. The summed E-state index contributed by atoms with van der Waals surface area (Å²) < 4.78 is 0. The zero-order valence-electron chi connectivity index (χ0n) is 12.9. The topological polar surface area (TPSA) is 107 Å². The average Bonchev–Trinajstić information content (AvgIpc) is 2.58. The van der Waals surface area contributed by atoms with Gasteiger partial charge in [0.05, 0.1) is 6.61 Å². The molecule has 0 aromatic rings. The minimum absolute atomic E-state index is 0.156. The molecule has 7 nitrogen and oxygen atoms in total. The first-order valence-electron chi connectivity index (χ1n) is 7.66. The van der Waals surface area contributed by atoms with E-state index in [1.54, 1.807) is 0 Å². The molecule has 2 atom stereocenters. The van der Waals surface area contributed by atoms with E-state index in [1.807, 2.05) is 18.2 Å². The van der Waals surface area contributed by atoms with Crippen molar-refractivity contribution in [3.8, 4) is 0 Å². The highest BCUT2D eigenvalue weighted by molar-refractivity contribution is 8.00. The smallest absolute Gasteiger partial charge is 0.352 e. The van der Waals surface area contributed by atoms with Crippen molar-refractivity contribution in [2.45, 2.75) is 30.7 Å². The molecule has 0 saturated carbocycles. The van der Waals surface area contributed by atoms with Gasteiger partial charge in [0.2, 0.25) is 5.91 Å². The van der Waals surface area contributed by atoms with Crippen LogP contribution in [0.1, 0.15) is 19.3 Å². The van der Waals surface area contributed by atoms with E-state index < -0.39 is 29.9 Å². The van der Waals surface area contributed by atoms with E-state index in [2.05, 4.69) is 5.32 Å². The number of carboxylic acids is 1. The number of aliphatic hydroxyl groups excluding tert-OH is 1. The van der Waals surface area contributed by atoms with E-state index in [-0.39, 0.29) is 18.0 Å². The molecule has 3 rings (SSSR count). The molecule has 0 aromatic carbocycles. The van der Waals surface area contributed by atoms with Gasteiger partial charge < -0.3 is 15.5 Å². The van der Waals surface area contributed by atoms with E-state index in [0.717, 1.165) is 23.3 Å². The largest absolute Gasteiger partial charge is 0.477 e. The Balaban J connectivity index is 1.65. The first kappa shape index (κ1) is 16.8. The molecular weight excluding hydrogens is 332 g/mol. The van der Waals surface area contributed by atoms with Crippen molar-refractivity contribution in [2.24, 2.45) is 0 Å². The third-order valence-electron chi connectivity index (χ3n) is 4.23. The quantitative estimate of drug-likeness (QED) is 0.489. The first-order valence-corrected chi connectivity index (χ1v) is 8.71. The third-order valence-corrected chi connectivity index (χ3v) is 5.57. The minimum atomic E-state index is -1.23. The molecule has 2 heterocycles. The summed E-state index contributed by atoms with van der Waals surface area (Å²) in [5, 5.41) is 20.8. The second-order valence-electron chi connectivity index (χ2n) is 5.82. The molecule has 0 radical (unpaired) electrons. The zero-order valence-corrected chi connectivity index (χ0v) is 13.7. The summed E-state index contributed by atoms with van der Waals surface area (Å²) in [6, 6.07) is -0.711. The lowest BCUT2D eigenvalue weighted by molar-refractivity contribution is -0.150. The van der Waals surface area contributed by atoms with Crippen LogP contribution in [0, 0.1) is 0 Å². The molecule has 1 aliphatic carbocycles. The van der Waals surface area contributed by atoms with Crippen LogP contribution in [0.2, 0.25) is 0 Å². The summed E-state index contributed by atoms with van der Waals surface area (Å²) in [5.74, 6) is -1.58. The second kappa shape index (κ2) is 6.82. The van der Waals surface area contributed by atoms with Gasteiger partial charge in [-0.05, 0) is 18.4 Å². The number of aliphatic hydroxyl groups is 1. The fourth-order valence-electron chi connectivity index (χ4n) is 3.03. The van der Waals surface area contributed by atoms with Gasteiger partial charge in [-0.1, -0.05) is 23.8 Å². The molecule has 3 aliphatic rings. The van der Waals surface area contributed by atoms with Crippen LogP contribution in [-0.4, -0.2) is 56.7 Å². The van der Waals surface area contributed by atoms with Crippen molar-refractivity contribution in [2.75, 3.05) is 12.4 Å². The van der Waals surface area contributed by atoms with Crippen LogP contribution in [0.5, 0.6) is 0 Å². The zero-order chi connectivity index (χ0) is 17.3. The van der Waals surface area contributed by atoms with Crippen LogP contribution in [0.3, 0.4) is 0 Å². The number of amides is 2. The van der Waals surface area contributed by atoms with E-state index in [4.69, 9.17) is 0 Å². The molecule has 3 N–H and O–H groups in total. The van der Waals surface area contributed by atoms with E-state index in [9.17, 15) is 24.6 Å². The lowest BCUT2D eigenvalue weighted by Crippen LogP contribution is -2.70. The van der Waals surface area contributed by atoms with Crippen molar-refractivity contribution in [1.82, 2.24) is 10.2 Å². The molecule has 0 spiro atoms. The highest BCUT2D eigenvalue weighted by Crippen LogP contribution is 2.40. The number of allylic oxidation sites excluding steroid dienone is 3. The third kappa shape index (κ3) is 2.99. The summed E-state index contributed by atoms with van der Waals surface area (Å²) in [4.78, 5) is 37.0. The van der Waals surface area contributed by atoms with Crippen LogP contribution in [0.4, 0.5) is 0 Å². The van der Waals surface area contributed by atoms with Crippen LogP contribution in [-0.2, 0) is 14.4 Å². The summed E-state index contributed by atoms with van der Waals surface area (Å²) in [6.07, 6.45) is 7.84. The molecule has 2 amide bonds. The number of nitrogens with one attached hydrogen (secondary N) is 1. The Kier molecular flexibility index (Phi) is 4.77. The molecular formula is C16H18N2O5S. The van der Waals surface area contributed by atoms with Crippen LogP contribution < -0.4 is 5.32 Å². The van der Waals surface area contributed by atoms with Crippen LogP contribution >= 0.6 is 11.8 Å². The normalized spacial score (nSPS) is 25.8. The predicted molar refractivity (Wildman–Crippen MR) is 87.8 cm³/mol. The van der Waals surface area contributed by atoms with Crippen molar-refractivity contribution >= 4 is 29.5 Å². The van der Waals surface area contributed by atoms with Gasteiger partial charge in [0.1, 0.15) is 17.1 Å². The number of rotatable bonds is 5.